The molecule has 0 saturated carbocycles. The van der Waals surface area contributed by atoms with E-state index in [4.69, 9.17) is 4.98 Å². The van der Waals surface area contributed by atoms with Crippen LogP contribution in [0.2, 0.25) is 0 Å². The maximum Gasteiger partial charge on any atom is 0.258 e. The second-order valence-electron chi connectivity index (χ2n) is 9.39. The van der Waals surface area contributed by atoms with Crippen molar-refractivity contribution in [3.63, 3.8) is 0 Å². The average molecular weight is 430 g/mol. The minimum atomic E-state index is -0.137. The summed E-state index contributed by atoms with van der Waals surface area (Å²) in [6.45, 7) is 15.2. The summed E-state index contributed by atoms with van der Waals surface area (Å²) in [5, 5.41) is 6.11. The van der Waals surface area contributed by atoms with Crippen LogP contribution in [-0.4, -0.2) is 16.0 Å². The molecular formula is C22H28BrN3O. The maximum atomic E-state index is 12.7. The second kappa shape index (κ2) is 6.62. The van der Waals surface area contributed by atoms with Gasteiger partial charge in [0.1, 0.15) is 5.82 Å². The van der Waals surface area contributed by atoms with Crippen molar-refractivity contribution in [1.29, 1.82) is 0 Å². The van der Waals surface area contributed by atoms with E-state index in [9.17, 15) is 4.79 Å². The molecule has 2 aromatic heterocycles. The van der Waals surface area contributed by atoms with E-state index < -0.39 is 0 Å². The fourth-order valence-electron chi connectivity index (χ4n) is 3.09. The molecule has 0 saturated heterocycles. The Morgan fingerprint density at radius 2 is 1.78 bits per heavy atom. The molecule has 144 valence electrons. The summed E-state index contributed by atoms with van der Waals surface area (Å²) in [7, 11) is 0. The molecule has 0 fully saturated rings. The number of anilines is 1. The SMILES string of the molecule is CC(Nc1nc2c(C(C)(C)C)c[nH]c(=O)c2c2cc(Br)ccc12)C(C)(C)C. The molecule has 3 aromatic rings. The van der Waals surface area contributed by atoms with Crippen LogP contribution in [0.25, 0.3) is 21.7 Å². The Bertz CT molecular complexity index is 1070. The van der Waals surface area contributed by atoms with Crippen LogP contribution in [-0.2, 0) is 5.41 Å². The number of hydrogen-bond acceptors (Lipinski definition) is 3. The topological polar surface area (TPSA) is 57.8 Å². The minimum absolute atomic E-state index is 0.0827. The Hall–Kier alpha value is -1.88. The zero-order chi connectivity index (χ0) is 20.1. The summed E-state index contributed by atoms with van der Waals surface area (Å²) in [4.78, 5) is 20.6. The van der Waals surface area contributed by atoms with Crippen molar-refractivity contribution in [1.82, 2.24) is 9.97 Å². The predicted octanol–water partition coefficient (Wildman–Crippen LogP) is 5.98. The zero-order valence-electron chi connectivity index (χ0n) is 17.1. The predicted molar refractivity (Wildman–Crippen MR) is 119 cm³/mol. The number of halogens is 1. The van der Waals surface area contributed by atoms with Crippen molar-refractivity contribution in [2.24, 2.45) is 5.41 Å². The van der Waals surface area contributed by atoms with Gasteiger partial charge in [-0.05, 0) is 36.0 Å². The standard InChI is InChI=1S/C22H28BrN3O/c1-12(21(2,3)4)25-19-14-9-8-13(23)10-15(14)17-18(26-19)16(22(5,6)7)11-24-20(17)27/h8-12H,1-7H3,(H,24,27)(H,25,26). The summed E-state index contributed by atoms with van der Waals surface area (Å²) in [6, 6.07) is 6.24. The molecule has 0 aliphatic rings. The van der Waals surface area contributed by atoms with Gasteiger partial charge in [-0.1, -0.05) is 57.5 Å². The van der Waals surface area contributed by atoms with E-state index >= 15 is 0 Å². The molecule has 4 nitrogen and oxygen atoms in total. The van der Waals surface area contributed by atoms with Crippen molar-refractivity contribution in [3.8, 4) is 0 Å². The molecular weight excluding hydrogens is 402 g/mol. The van der Waals surface area contributed by atoms with E-state index in [0.29, 0.717) is 5.39 Å². The summed E-state index contributed by atoms with van der Waals surface area (Å²) < 4.78 is 0.942. The number of aromatic amines is 1. The summed E-state index contributed by atoms with van der Waals surface area (Å²) in [6.07, 6.45) is 1.80. The number of benzene rings is 1. The lowest BCUT2D eigenvalue weighted by Gasteiger charge is -2.29. The molecule has 2 heterocycles. The van der Waals surface area contributed by atoms with Crippen LogP contribution in [0.4, 0.5) is 5.82 Å². The smallest absolute Gasteiger partial charge is 0.258 e. The van der Waals surface area contributed by atoms with Crippen LogP contribution < -0.4 is 10.9 Å². The number of H-pyrrole nitrogens is 1. The summed E-state index contributed by atoms with van der Waals surface area (Å²) in [5.41, 5.74) is 1.64. The number of nitrogens with zero attached hydrogens (tertiary/aromatic N) is 1. The van der Waals surface area contributed by atoms with Crippen molar-refractivity contribution in [2.45, 2.75) is 59.9 Å². The van der Waals surface area contributed by atoms with Gasteiger partial charge in [-0.3, -0.25) is 4.79 Å². The first-order chi connectivity index (χ1) is 12.4. The molecule has 5 heteroatoms. The van der Waals surface area contributed by atoms with Gasteiger partial charge in [0.15, 0.2) is 0 Å². The van der Waals surface area contributed by atoms with E-state index in [1.165, 1.54) is 0 Å². The Morgan fingerprint density at radius 3 is 2.37 bits per heavy atom. The average Bonchev–Trinajstić information content (AvgIpc) is 2.52. The molecule has 0 aliphatic heterocycles. The maximum absolute atomic E-state index is 12.7. The lowest BCUT2D eigenvalue weighted by Crippen LogP contribution is -2.31. The Morgan fingerprint density at radius 1 is 1.11 bits per heavy atom. The van der Waals surface area contributed by atoms with Crippen LogP contribution >= 0.6 is 15.9 Å². The van der Waals surface area contributed by atoms with Gasteiger partial charge < -0.3 is 10.3 Å². The molecule has 0 aliphatic carbocycles. The second-order valence-corrected chi connectivity index (χ2v) is 10.3. The van der Waals surface area contributed by atoms with Gasteiger partial charge in [0.05, 0.1) is 10.9 Å². The Kier molecular flexibility index (Phi) is 4.87. The lowest BCUT2D eigenvalue weighted by atomic mass is 9.86. The monoisotopic (exact) mass is 429 g/mol. The van der Waals surface area contributed by atoms with Crippen molar-refractivity contribution < 1.29 is 0 Å². The third kappa shape index (κ3) is 3.75. The molecule has 0 amide bonds. The van der Waals surface area contributed by atoms with Crippen LogP contribution in [0, 0.1) is 5.41 Å². The largest absolute Gasteiger partial charge is 0.367 e. The van der Waals surface area contributed by atoms with Gasteiger partial charge >= 0.3 is 0 Å². The lowest BCUT2D eigenvalue weighted by molar-refractivity contribution is 0.359. The number of rotatable bonds is 2. The molecule has 1 aromatic carbocycles. The zero-order valence-corrected chi connectivity index (χ0v) is 18.7. The molecule has 3 rings (SSSR count). The summed E-state index contributed by atoms with van der Waals surface area (Å²) in [5.74, 6) is 0.823. The molecule has 1 atom stereocenters. The summed E-state index contributed by atoms with van der Waals surface area (Å²) >= 11 is 3.55. The van der Waals surface area contributed by atoms with Crippen molar-refractivity contribution in [2.75, 3.05) is 5.32 Å². The van der Waals surface area contributed by atoms with E-state index in [0.717, 1.165) is 32.1 Å². The Balaban J connectivity index is 2.43. The van der Waals surface area contributed by atoms with Gasteiger partial charge in [0, 0.05) is 33.0 Å². The molecule has 2 N–H and O–H groups in total. The quantitative estimate of drug-likeness (QED) is 0.492. The molecule has 0 bridgehead atoms. The van der Waals surface area contributed by atoms with Crippen LogP contribution in [0.15, 0.2) is 33.7 Å². The molecule has 27 heavy (non-hydrogen) atoms. The van der Waals surface area contributed by atoms with E-state index in [1.54, 1.807) is 6.20 Å². The van der Waals surface area contributed by atoms with Crippen LogP contribution in [0.5, 0.6) is 0 Å². The van der Waals surface area contributed by atoms with E-state index in [2.05, 4.69) is 74.7 Å². The van der Waals surface area contributed by atoms with Crippen LogP contribution in [0.3, 0.4) is 0 Å². The van der Waals surface area contributed by atoms with Crippen LogP contribution in [0.1, 0.15) is 54.0 Å². The third-order valence-electron chi connectivity index (χ3n) is 5.26. The number of fused-ring (bicyclic) bond motifs is 3. The number of nitrogens with one attached hydrogen (secondary N) is 2. The highest BCUT2D eigenvalue weighted by atomic mass is 79.9. The number of pyridine rings is 2. The third-order valence-corrected chi connectivity index (χ3v) is 5.75. The molecule has 1 unspecified atom stereocenters. The van der Waals surface area contributed by atoms with Gasteiger partial charge in [-0.2, -0.15) is 0 Å². The Labute approximate surface area is 168 Å². The first-order valence-electron chi connectivity index (χ1n) is 9.31. The highest BCUT2D eigenvalue weighted by molar-refractivity contribution is 9.10. The first kappa shape index (κ1) is 19.9. The highest BCUT2D eigenvalue weighted by Gasteiger charge is 2.24. The van der Waals surface area contributed by atoms with Gasteiger partial charge in [-0.25, -0.2) is 4.98 Å². The molecule has 0 spiro atoms. The van der Waals surface area contributed by atoms with Gasteiger partial charge in [0.2, 0.25) is 0 Å². The molecule has 0 radical (unpaired) electrons. The number of hydrogen-bond donors (Lipinski definition) is 2. The van der Waals surface area contributed by atoms with Crippen molar-refractivity contribution in [3.05, 3.63) is 44.8 Å². The minimum Gasteiger partial charge on any atom is -0.367 e. The van der Waals surface area contributed by atoms with Gasteiger partial charge in [-0.15, -0.1) is 0 Å². The highest BCUT2D eigenvalue weighted by Crippen LogP contribution is 2.35. The fourth-order valence-corrected chi connectivity index (χ4v) is 3.45. The van der Waals surface area contributed by atoms with Crippen molar-refractivity contribution >= 4 is 43.4 Å². The fraction of sp³-hybridized carbons (Fsp3) is 0.455. The number of aromatic nitrogens is 2. The van der Waals surface area contributed by atoms with E-state index in [1.807, 2.05) is 18.2 Å². The first-order valence-corrected chi connectivity index (χ1v) is 10.1. The normalized spacial score (nSPS) is 13.9. The van der Waals surface area contributed by atoms with E-state index in [-0.39, 0.29) is 22.4 Å². The van der Waals surface area contributed by atoms with Gasteiger partial charge in [0.25, 0.3) is 5.56 Å².